The molecule has 0 bridgehead atoms. The number of carbonyl (C=O) groups is 2. The molecule has 2 amide bonds. The van der Waals surface area contributed by atoms with Crippen molar-refractivity contribution < 1.29 is 18.7 Å². The number of hydrogen-bond donors (Lipinski definition) is 2. The number of likely N-dealkylation sites (N-methyl/N-ethyl adjacent to an activating group) is 1. The molecule has 2 aromatic carbocycles. The van der Waals surface area contributed by atoms with Gasteiger partial charge in [-0.1, -0.05) is 30.3 Å². The number of aromatic amines is 1. The number of ether oxygens (including phenoxy) is 1. The predicted octanol–water partition coefficient (Wildman–Crippen LogP) is 4.29. The van der Waals surface area contributed by atoms with E-state index in [0.717, 1.165) is 11.3 Å². The van der Waals surface area contributed by atoms with E-state index in [4.69, 9.17) is 4.74 Å². The van der Waals surface area contributed by atoms with Crippen molar-refractivity contribution in [3.05, 3.63) is 82.8 Å². The Bertz CT molecular complexity index is 1180. The van der Waals surface area contributed by atoms with Gasteiger partial charge in [-0.25, -0.2) is 9.18 Å². The first-order valence-corrected chi connectivity index (χ1v) is 11.0. The molecule has 1 aromatic heterocycles. The summed E-state index contributed by atoms with van der Waals surface area (Å²) in [6.07, 6.45) is -0.893. The third kappa shape index (κ3) is 4.65. The van der Waals surface area contributed by atoms with E-state index in [2.05, 4.69) is 15.5 Å². The van der Waals surface area contributed by atoms with Crippen molar-refractivity contribution in [1.29, 1.82) is 0 Å². The number of nitrogens with one attached hydrogen (secondary N) is 2. The minimum Gasteiger partial charge on any atom is -0.440 e. The topological polar surface area (TPSA) is 90.6 Å². The van der Waals surface area contributed by atoms with Gasteiger partial charge in [-0.15, -0.1) is 0 Å². The van der Waals surface area contributed by atoms with E-state index in [1.54, 1.807) is 4.90 Å². The first-order valence-electron chi connectivity index (χ1n) is 11.0. The number of aromatic nitrogens is 2. The summed E-state index contributed by atoms with van der Waals surface area (Å²) in [5.41, 5.74) is 1.93. The van der Waals surface area contributed by atoms with Crippen LogP contribution < -0.4 is 5.32 Å². The van der Waals surface area contributed by atoms with E-state index in [9.17, 15) is 14.0 Å². The highest BCUT2D eigenvalue weighted by Gasteiger charge is 2.45. The molecule has 9 heteroatoms. The number of rotatable bonds is 6. The van der Waals surface area contributed by atoms with Crippen molar-refractivity contribution in [1.82, 2.24) is 20.0 Å². The molecule has 1 unspecified atom stereocenters. The van der Waals surface area contributed by atoms with Crippen LogP contribution in [0.25, 0.3) is 0 Å². The summed E-state index contributed by atoms with van der Waals surface area (Å²) in [4.78, 5) is 29.5. The van der Waals surface area contributed by atoms with Crippen LogP contribution in [0.2, 0.25) is 0 Å². The highest BCUT2D eigenvalue weighted by atomic mass is 19.1. The quantitative estimate of drug-likeness (QED) is 0.567. The third-order valence-electron chi connectivity index (χ3n) is 5.97. The van der Waals surface area contributed by atoms with Gasteiger partial charge in [0.2, 0.25) is 0 Å². The summed E-state index contributed by atoms with van der Waals surface area (Å²) >= 11 is 0. The number of H-pyrrole nitrogens is 1. The molecule has 0 saturated heterocycles. The number of benzene rings is 2. The number of carbonyl (C=O) groups excluding carboxylic acids is 2. The maximum absolute atomic E-state index is 13.3. The maximum Gasteiger partial charge on any atom is 0.411 e. The van der Waals surface area contributed by atoms with Crippen LogP contribution >= 0.6 is 0 Å². The van der Waals surface area contributed by atoms with E-state index in [1.165, 1.54) is 24.3 Å². The average molecular weight is 466 g/mol. The van der Waals surface area contributed by atoms with Gasteiger partial charge in [-0.2, -0.15) is 5.10 Å². The van der Waals surface area contributed by atoms with Crippen LogP contribution in [0, 0.1) is 5.82 Å². The zero-order valence-electron chi connectivity index (χ0n) is 19.6. The number of nitrogens with zero attached hydrogens (tertiary/aromatic N) is 3. The van der Waals surface area contributed by atoms with Crippen molar-refractivity contribution in [2.75, 3.05) is 26.0 Å². The zero-order chi connectivity index (χ0) is 24.5. The summed E-state index contributed by atoms with van der Waals surface area (Å²) in [6.45, 7) is 4.55. The van der Waals surface area contributed by atoms with Crippen LogP contribution in [0.4, 0.5) is 15.0 Å². The lowest BCUT2D eigenvalue weighted by Gasteiger charge is -2.33. The molecular weight excluding hydrogens is 437 g/mol. The lowest BCUT2D eigenvalue weighted by atomic mass is 10.0. The Balaban J connectivity index is 1.52. The van der Waals surface area contributed by atoms with Crippen LogP contribution in [0.5, 0.6) is 0 Å². The van der Waals surface area contributed by atoms with Crippen LogP contribution in [0.3, 0.4) is 0 Å². The molecule has 8 nitrogen and oxygen atoms in total. The highest BCUT2D eigenvalue weighted by molar-refractivity contribution is 6.04. The lowest BCUT2D eigenvalue weighted by Crippen LogP contribution is -2.42. The maximum atomic E-state index is 13.3. The van der Waals surface area contributed by atoms with Crippen LogP contribution in [-0.4, -0.2) is 52.6 Å². The van der Waals surface area contributed by atoms with Gasteiger partial charge in [0.05, 0.1) is 17.8 Å². The van der Waals surface area contributed by atoms with Gasteiger partial charge in [0.15, 0.2) is 5.82 Å². The summed E-state index contributed by atoms with van der Waals surface area (Å²) in [5.74, 6) is -0.500. The van der Waals surface area contributed by atoms with E-state index in [0.29, 0.717) is 23.5 Å². The largest absolute Gasteiger partial charge is 0.440 e. The van der Waals surface area contributed by atoms with Crippen molar-refractivity contribution in [2.45, 2.75) is 32.0 Å². The molecule has 0 aliphatic carbocycles. The standard InChI is InChI=1S/C25H28FN5O3/c1-25(2)21-19(22(29-28-21)27-23(32)17-10-12-18(26)13-11-17)14-31(25)24(33)34-20(15-30(3)4)16-8-6-5-7-9-16/h5-13,20H,14-15H2,1-4H3,(H2,27,28,29,32). The van der Waals surface area contributed by atoms with Crippen molar-refractivity contribution >= 4 is 17.8 Å². The molecule has 1 atom stereocenters. The van der Waals surface area contributed by atoms with E-state index in [1.807, 2.05) is 63.2 Å². The molecule has 4 rings (SSSR count). The van der Waals surface area contributed by atoms with Gasteiger partial charge in [0.25, 0.3) is 5.91 Å². The fourth-order valence-electron chi connectivity index (χ4n) is 4.09. The molecule has 0 radical (unpaired) electrons. The molecule has 2 heterocycles. The fraction of sp³-hybridized carbons (Fsp3) is 0.320. The molecule has 1 aliphatic rings. The molecular formula is C25H28FN5O3. The third-order valence-corrected chi connectivity index (χ3v) is 5.97. The minimum absolute atomic E-state index is 0.222. The second kappa shape index (κ2) is 9.26. The predicted molar refractivity (Wildman–Crippen MR) is 126 cm³/mol. The van der Waals surface area contributed by atoms with Crippen LogP contribution in [-0.2, 0) is 16.8 Å². The van der Waals surface area contributed by atoms with E-state index >= 15 is 0 Å². The van der Waals surface area contributed by atoms with Crippen molar-refractivity contribution in [3.8, 4) is 0 Å². The molecule has 34 heavy (non-hydrogen) atoms. The Kier molecular flexibility index (Phi) is 6.39. The molecule has 1 aliphatic heterocycles. The van der Waals surface area contributed by atoms with E-state index in [-0.39, 0.29) is 6.54 Å². The smallest absolute Gasteiger partial charge is 0.411 e. The summed E-state index contributed by atoms with van der Waals surface area (Å²) in [7, 11) is 3.85. The molecule has 0 saturated carbocycles. The van der Waals surface area contributed by atoms with Crippen LogP contribution in [0.1, 0.15) is 47.1 Å². The number of hydrogen-bond acceptors (Lipinski definition) is 5. The summed E-state index contributed by atoms with van der Waals surface area (Å²) < 4.78 is 19.1. The number of halogens is 1. The Hall–Kier alpha value is -3.72. The Morgan fingerprint density at radius 3 is 2.50 bits per heavy atom. The first kappa shape index (κ1) is 23.4. The number of anilines is 1. The molecule has 178 valence electrons. The molecule has 2 N–H and O–H groups in total. The Labute approximate surface area is 197 Å². The van der Waals surface area contributed by atoms with Crippen molar-refractivity contribution in [2.24, 2.45) is 0 Å². The molecule has 3 aromatic rings. The van der Waals surface area contributed by atoms with Gasteiger partial charge in [0.1, 0.15) is 11.9 Å². The van der Waals surface area contributed by atoms with Crippen LogP contribution in [0.15, 0.2) is 54.6 Å². The van der Waals surface area contributed by atoms with Gasteiger partial charge >= 0.3 is 6.09 Å². The SMILES string of the molecule is CN(C)CC(OC(=O)N1Cc2c(NC(=O)c3ccc(F)cc3)n[nH]c2C1(C)C)c1ccccc1. The fourth-order valence-corrected chi connectivity index (χ4v) is 4.09. The first-order chi connectivity index (χ1) is 16.2. The average Bonchev–Trinajstić information content (AvgIpc) is 3.32. The highest BCUT2D eigenvalue weighted by Crippen LogP contribution is 2.41. The minimum atomic E-state index is -0.725. The molecule has 0 fully saturated rings. The summed E-state index contributed by atoms with van der Waals surface area (Å²) in [6, 6.07) is 14.9. The monoisotopic (exact) mass is 465 g/mol. The normalized spacial score (nSPS) is 15.2. The molecule has 0 spiro atoms. The second-order valence-electron chi connectivity index (χ2n) is 9.08. The van der Waals surface area contributed by atoms with Gasteiger partial charge in [-0.3, -0.25) is 14.8 Å². The summed E-state index contributed by atoms with van der Waals surface area (Å²) in [5, 5.41) is 9.96. The number of amides is 2. The van der Waals surface area contributed by atoms with Crippen molar-refractivity contribution in [3.63, 3.8) is 0 Å². The zero-order valence-corrected chi connectivity index (χ0v) is 19.6. The van der Waals surface area contributed by atoms with Gasteiger partial charge < -0.3 is 15.0 Å². The number of fused-ring (bicyclic) bond motifs is 1. The Morgan fingerprint density at radius 2 is 1.85 bits per heavy atom. The van der Waals surface area contributed by atoms with Gasteiger partial charge in [-0.05, 0) is 57.8 Å². The lowest BCUT2D eigenvalue weighted by molar-refractivity contribution is 0.0259. The second-order valence-corrected chi connectivity index (χ2v) is 9.08. The van der Waals surface area contributed by atoms with E-state index < -0.39 is 29.5 Å². The Morgan fingerprint density at radius 1 is 1.18 bits per heavy atom. The van der Waals surface area contributed by atoms with Gasteiger partial charge in [0, 0.05) is 17.7 Å².